The van der Waals surface area contributed by atoms with Crippen molar-refractivity contribution >= 4 is 39.9 Å². The Labute approximate surface area is 79.6 Å². The van der Waals surface area contributed by atoms with Gasteiger partial charge in [-0.3, -0.25) is 14.2 Å². The van der Waals surface area contributed by atoms with Crippen molar-refractivity contribution in [1.29, 1.82) is 0 Å². The van der Waals surface area contributed by atoms with Gasteiger partial charge in [0, 0.05) is 6.20 Å². The standard InChI is InChI=1S/C5H4INO3S/c6-3-1-7(2-4(8)9)5(10)11-3/h1H,2H2,(H,8,9). The van der Waals surface area contributed by atoms with Gasteiger partial charge in [0.25, 0.3) is 0 Å². The fourth-order valence-corrected chi connectivity index (χ4v) is 2.08. The molecule has 0 amide bonds. The van der Waals surface area contributed by atoms with Crippen LogP contribution in [-0.2, 0) is 11.3 Å². The highest BCUT2D eigenvalue weighted by molar-refractivity contribution is 14.1. The van der Waals surface area contributed by atoms with Crippen LogP contribution in [0.15, 0.2) is 11.0 Å². The molecule has 0 aliphatic carbocycles. The smallest absolute Gasteiger partial charge is 0.323 e. The molecule has 0 aliphatic heterocycles. The molecule has 0 saturated heterocycles. The Morgan fingerprint density at radius 3 is 2.82 bits per heavy atom. The summed E-state index contributed by atoms with van der Waals surface area (Å²) in [6, 6.07) is 0. The van der Waals surface area contributed by atoms with E-state index in [0.29, 0.717) is 0 Å². The lowest BCUT2D eigenvalue weighted by Gasteiger charge is -1.91. The highest BCUT2D eigenvalue weighted by Crippen LogP contribution is 2.05. The second kappa shape index (κ2) is 3.35. The van der Waals surface area contributed by atoms with Gasteiger partial charge in [0.05, 0.1) is 2.88 Å². The maximum absolute atomic E-state index is 10.9. The molecule has 60 valence electrons. The van der Waals surface area contributed by atoms with Crippen molar-refractivity contribution in [2.24, 2.45) is 0 Å². The van der Waals surface area contributed by atoms with Crippen LogP contribution in [0.2, 0.25) is 0 Å². The van der Waals surface area contributed by atoms with Crippen LogP contribution in [-0.4, -0.2) is 15.6 Å². The summed E-state index contributed by atoms with van der Waals surface area (Å²) in [4.78, 5) is 20.8. The van der Waals surface area contributed by atoms with Crippen molar-refractivity contribution in [3.63, 3.8) is 0 Å². The second-order valence-corrected chi connectivity index (χ2v) is 4.71. The maximum atomic E-state index is 10.9. The largest absolute Gasteiger partial charge is 0.480 e. The third-order valence-electron chi connectivity index (χ3n) is 0.982. The first-order valence-corrected chi connectivity index (χ1v) is 4.56. The summed E-state index contributed by atoms with van der Waals surface area (Å²) >= 11 is 3.02. The topological polar surface area (TPSA) is 59.3 Å². The number of hydrogen-bond donors (Lipinski definition) is 1. The van der Waals surface area contributed by atoms with Gasteiger partial charge in [-0.1, -0.05) is 11.3 Å². The molecule has 0 aliphatic rings. The minimum absolute atomic E-state index is 0.225. The minimum atomic E-state index is -0.999. The molecule has 0 unspecified atom stereocenters. The SMILES string of the molecule is O=C(O)Cn1cc(I)sc1=O. The molecule has 0 aromatic carbocycles. The first-order valence-electron chi connectivity index (χ1n) is 2.67. The number of nitrogens with zero attached hydrogens (tertiary/aromatic N) is 1. The zero-order valence-corrected chi connectivity index (χ0v) is 8.26. The average molecular weight is 285 g/mol. The van der Waals surface area contributed by atoms with E-state index in [2.05, 4.69) is 0 Å². The Bertz CT molecular complexity index is 329. The number of halogens is 1. The molecule has 0 saturated carbocycles. The van der Waals surface area contributed by atoms with Crippen LogP contribution in [0, 0.1) is 2.88 Å². The van der Waals surface area contributed by atoms with Crippen LogP contribution < -0.4 is 4.87 Å². The second-order valence-electron chi connectivity index (χ2n) is 1.82. The van der Waals surface area contributed by atoms with Crippen LogP contribution in [0.4, 0.5) is 0 Å². The van der Waals surface area contributed by atoms with Crippen LogP contribution >= 0.6 is 33.9 Å². The average Bonchev–Trinajstić information content (AvgIpc) is 2.09. The van der Waals surface area contributed by atoms with E-state index in [4.69, 9.17) is 5.11 Å². The summed E-state index contributed by atoms with van der Waals surface area (Å²) in [6.45, 7) is -0.252. The zero-order chi connectivity index (χ0) is 8.43. The molecule has 4 nitrogen and oxygen atoms in total. The van der Waals surface area contributed by atoms with Gasteiger partial charge in [0.15, 0.2) is 0 Å². The van der Waals surface area contributed by atoms with E-state index in [1.807, 2.05) is 22.6 Å². The van der Waals surface area contributed by atoms with Gasteiger partial charge >= 0.3 is 10.8 Å². The van der Waals surface area contributed by atoms with Gasteiger partial charge in [0.1, 0.15) is 6.54 Å². The number of thiazole rings is 1. The lowest BCUT2D eigenvalue weighted by molar-refractivity contribution is -0.137. The van der Waals surface area contributed by atoms with Gasteiger partial charge in [-0.2, -0.15) is 0 Å². The number of carbonyl (C=O) groups is 1. The molecule has 0 fully saturated rings. The quantitative estimate of drug-likeness (QED) is 0.809. The predicted molar refractivity (Wildman–Crippen MR) is 48.9 cm³/mol. The first-order chi connectivity index (χ1) is 5.09. The fraction of sp³-hybridized carbons (Fsp3) is 0.200. The van der Waals surface area contributed by atoms with Crippen LogP contribution in [0.3, 0.4) is 0 Å². The molecule has 0 spiro atoms. The highest BCUT2D eigenvalue weighted by Gasteiger charge is 2.04. The Hall–Kier alpha value is -0.370. The van der Waals surface area contributed by atoms with Crippen LogP contribution in [0.25, 0.3) is 0 Å². The first kappa shape index (κ1) is 8.72. The Kier molecular flexibility index (Phi) is 2.66. The van der Waals surface area contributed by atoms with E-state index in [0.717, 1.165) is 14.2 Å². The maximum Gasteiger partial charge on any atom is 0.323 e. The monoisotopic (exact) mass is 285 g/mol. The summed E-state index contributed by atoms with van der Waals surface area (Å²) < 4.78 is 1.98. The highest BCUT2D eigenvalue weighted by atomic mass is 127. The lowest BCUT2D eigenvalue weighted by Crippen LogP contribution is -2.17. The summed E-state index contributed by atoms with van der Waals surface area (Å²) in [5.41, 5.74) is 0. The van der Waals surface area contributed by atoms with E-state index < -0.39 is 5.97 Å². The van der Waals surface area contributed by atoms with Crippen molar-refractivity contribution in [2.75, 3.05) is 0 Å². The van der Waals surface area contributed by atoms with Crippen molar-refractivity contribution in [3.8, 4) is 0 Å². The number of hydrogen-bond acceptors (Lipinski definition) is 3. The van der Waals surface area contributed by atoms with E-state index in [9.17, 15) is 9.59 Å². The fourth-order valence-electron chi connectivity index (χ4n) is 0.600. The molecule has 6 heteroatoms. The Morgan fingerprint density at radius 1 is 1.82 bits per heavy atom. The van der Waals surface area contributed by atoms with E-state index >= 15 is 0 Å². The molecule has 1 aromatic heterocycles. The minimum Gasteiger partial charge on any atom is -0.480 e. The van der Waals surface area contributed by atoms with Gasteiger partial charge in [-0.25, -0.2) is 0 Å². The van der Waals surface area contributed by atoms with Gasteiger partial charge in [0.2, 0.25) is 0 Å². The van der Waals surface area contributed by atoms with Crippen molar-refractivity contribution in [1.82, 2.24) is 4.57 Å². The molecular weight excluding hydrogens is 281 g/mol. The van der Waals surface area contributed by atoms with E-state index in [-0.39, 0.29) is 11.4 Å². The van der Waals surface area contributed by atoms with Gasteiger partial charge in [-0.15, -0.1) is 0 Å². The third kappa shape index (κ3) is 2.29. The van der Waals surface area contributed by atoms with Gasteiger partial charge < -0.3 is 5.11 Å². The normalized spacial score (nSPS) is 9.91. The summed E-state index contributed by atoms with van der Waals surface area (Å²) in [7, 11) is 0. The third-order valence-corrected chi connectivity index (χ3v) is 2.63. The van der Waals surface area contributed by atoms with Gasteiger partial charge in [-0.05, 0) is 22.6 Å². The van der Waals surface area contributed by atoms with Crippen LogP contribution in [0.5, 0.6) is 0 Å². The summed E-state index contributed by atoms with van der Waals surface area (Å²) in [5, 5.41) is 8.34. The number of aromatic nitrogens is 1. The predicted octanol–water partition coefficient (Wildman–Crippen LogP) is 0.599. The van der Waals surface area contributed by atoms with E-state index in [1.165, 1.54) is 10.8 Å². The van der Waals surface area contributed by atoms with Crippen molar-refractivity contribution < 1.29 is 9.90 Å². The molecule has 1 heterocycles. The number of carboxylic acids is 1. The Morgan fingerprint density at radius 2 is 2.45 bits per heavy atom. The molecule has 0 bridgehead atoms. The Balaban J connectivity index is 2.95. The van der Waals surface area contributed by atoms with Crippen LogP contribution in [0.1, 0.15) is 0 Å². The summed E-state index contributed by atoms with van der Waals surface area (Å²) in [6.07, 6.45) is 1.53. The molecule has 11 heavy (non-hydrogen) atoms. The lowest BCUT2D eigenvalue weighted by atomic mass is 10.6. The molecular formula is C5H4INO3S. The number of carboxylic acid groups (broad SMARTS) is 1. The molecule has 1 aromatic rings. The molecule has 0 atom stereocenters. The van der Waals surface area contributed by atoms with E-state index in [1.54, 1.807) is 0 Å². The molecule has 1 rings (SSSR count). The number of rotatable bonds is 2. The van der Waals surface area contributed by atoms with Crippen molar-refractivity contribution in [2.45, 2.75) is 6.54 Å². The van der Waals surface area contributed by atoms with Crippen molar-refractivity contribution in [3.05, 3.63) is 18.7 Å². The zero-order valence-electron chi connectivity index (χ0n) is 5.28. The molecule has 1 N–H and O–H groups in total. The summed E-state index contributed by atoms with van der Waals surface area (Å²) in [5.74, 6) is -0.999. The molecule has 0 radical (unpaired) electrons. The number of aliphatic carboxylic acids is 1.